The van der Waals surface area contributed by atoms with Crippen LogP contribution in [0.4, 0.5) is 8.78 Å². The molecule has 0 aliphatic heterocycles. The standard InChI is InChI=1S/C11H7BrClF2NO/c12-5-1-2-6(14)9(10(5)15)11(16)7-3-4-8(13)17-7/h1-4,11H,16H2. The molecule has 0 spiro atoms. The van der Waals surface area contributed by atoms with Gasteiger partial charge in [0, 0.05) is 5.56 Å². The van der Waals surface area contributed by atoms with E-state index in [9.17, 15) is 8.78 Å². The molecule has 17 heavy (non-hydrogen) atoms. The fourth-order valence-electron chi connectivity index (χ4n) is 1.47. The fourth-order valence-corrected chi connectivity index (χ4v) is 1.96. The second-order valence-electron chi connectivity index (χ2n) is 3.38. The SMILES string of the molecule is NC(c1ccc(Cl)o1)c1c(F)ccc(Br)c1F. The van der Waals surface area contributed by atoms with Crippen molar-refractivity contribution < 1.29 is 13.2 Å². The van der Waals surface area contributed by atoms with Crippen LogP contribution in [0.25, 0.3) is 0 Å². The van der Waals surface area contributed by atoms with Crippen LogP contribution < -0.4 is 5.73 Å². The molecule has 2 rings (SSSR count). The Kier molecular flexibility index (Phi) is 3.51. The van der Waals surface area contributed by atoms with Crippen molar-refractivity contribution in [1.82, 2.24) is 0 Å². The van der Waals surface area contributed by atoms with E-state index >= 15 is 0 Å². The number of benzene rings is 1. The van der Waals surface area contributed by atoms with Gasteiger partial charge in [-0.05, 0) is 51.8 Å². The third-order valence-corrected chi connectivity index (χ3v) is 3.11. The third-order valence-electron chi connectivity index (χ3n) is 2.29. The van der Waals surface area contributed by atoms with Gasteiger partial charge in [-0.1, -0.05) is 0 Å². The minimum atomic E-state index is -1.04. The van der Waals surface area contributed by atoms with Crippen LogP contribution in [0.3, 0.4) is 0 Å². The molecule has 90 valence electrons. The van der Waals surface area contributed by atoms with E-state index in [1.807, 2.05) is 0 Å². The van der Waals surface area contributed by atoms with Gasteiger partial charge in [0.25, 0.3) is 0 Å². The lowest BCUT2D eigenvalue weighted by molar-refractivity contribution is 0.466. The second kappa shape index (κ2) is 4.76. The van der Waals surface area contributed by atoms with Gasteiger partial charge in [0.15, 0.2) is 5.22 Å². The van der Waals surface area contributed by atoms with E-state index in [1.54, 1.807) is 0 Å². The topological polar surface area (TPSA) is 39.2 Å². The number of rotatable bonds is 2. The summed E-state index contributed by atoms with van der Waals surface area (Å²) in [5.74, 6) is -1.28. The molecule has 0 amide bonds. The highest BCUT2D eigenvalue weighted by molar-refractivity contribution is 9.10. The summed E-state index contributed by atoms with van der Waals surface area (Å²) in [5.41, 5.74) is 5.49. The molecule has 2 nitrogen and oxygen atoms in total. The molecule has 6 heteroatoms. The van der Waals surface area contributed by atoms with Crippen molar-refractivity contribution in [3.63, 3.8) is 0 Å². The summed E-state index contributed by atoms with van der Waals surface area (Å²) in [7, 11) is 0. The predicted octanol–water partition coefficient (Wildman–Crippen LogP) is 4.02. The van der Waals surface area contributed by atoms with Crippen molar-refractivity contribution >= 4 is 27.5 Å². The van der Waals surface area contributed by atoms with Crippen LogP contribution in [0.5, 0.6) is 0 Å². The molecule has 0 aliphatic rings. The summed E-state index contributed by atoms with van der Waals surface area (Å²) in [6, 6.07) is 4.31. The Morgan fingerprint density at radius 3 is 2.53 bits per heavy atom. The number of nitrogens with two attached hydrogens (primary N) is 1. The maximum Gasteiger partial charge on any atom is 0.193 e. The molecule has 0 saturated carbocycles. The largest absolute Gasteiger partial charge is 0.448 e. The van der Waals surface area contributed by atoms with Crippen LogP contribution in [-0.4, -0.2) is 0 Å². The van der Waals surface area contributed by atoms with E-state index in [4.69, 9.17) is 21.8 Å². The van der Waals surface area contributed by atoms with Crippen LogP contribution in [0, 0.1) is 11.6 Å². The third kappa shape index (κ3) is 2.36. The Morgan fingerprint density at radius 1 is 1.24 bits per heavy atom. The van der Waals surface area contributed by atoms with Gasteiger partial charge in [-0.25, -0.2) is 8.78 Å². The molecule has 0 fully saturated rings. The Hall–Kier alpha value is -0.910. The summed E-state index contributed by atoms with van der Waals surface area (Å²) < 4.78 is 32.5. The van der Waals surface area contributed by atoms with Gasteiger partial charge in [-0.2, -0.15) is 0 Å². The molecule has 1 unspecified atom stereocenters. The van der Waals surface area contributed by atoms with Crippen LogP contribution in [-0.2, 0) is 0 Å². The fraction of sp³-hybridized carbons (Fsp3) is 0.0909. The van der Waals surface area contributed by atoms with E-state index in [0.717, 1.165) is 6.07 Å². The van der Waals surface area contributed by atoms with Crippen molar-refractivity contribution in [3.05, 3.63) is 56.9 Å². The first-order valence-corrected chi connectivity index (χ1v) is 5.82. The van der Waals surface area contributed by atoms with Gasteiger partial charge in [-0.15, -0.1) is 0 Å². The monoisotopic (exact) mass is 321 g/mol. The van der Waals surface area contributed by atoms with E-state index < -0.39 is 17.7 Å². The highest BCUT2D eigenvalue weighted by Crippen LogP contribution is 2.30. The zero-order valence-corrected chi connectivity index (χ0v) is 10.7. The lowest BCUT2D eigenvalue weighted by Crippen LogP contribution is -2.15. The van der Waals surface area contributed by atoms with Gasteiger partial charge < -0.3 is 10.2 Å². The minimum absolute atomic E-state index is 0.117. The molecule has 1 atom stereocenters. The normalized spacial score (nSPS) is 12.8. The Bertz CT molecular complexity index is 558. The smallest absolute Gasteiger partial charge is 0.193 e. The predicted molar refractivity (Wildman–Crippen MR) is 63.8 cm³/mol. The van der Waals surface area contributed by atoms with E-state index in [-0.39, 0.29) is 21.0 Å². The van der Waals surface area contributed by atoms with E-state index in [2.05, 4.69) is 15.9 Å². The molecule has 0 bridgehead atoms. The summed E-state index contributed by atoms with van der Waals surface area (Å²) >= 11 is 8.56. The van der Waals surface area contributed by atoms with Crippen molar-refractivity contribution in [2.24, 2.45) is 5.73 Å². The molecule has 2 aromatic rings. The van der Waals surface area contributed by atoms with Crippen molar-refractivity contribution in [2.45, 2.75) is 6.04 Å². The summed E-state index contributed by atoms with van der Waals surface area (Å²) in [6.07, 6.45) is 0. The van der Waals surface area contributed by atoms with Crippen LogP contribution in [0.1, 0.15) is 17.4 Å². The number of halogens is 4. The summed E-state index contributed by atoms with van der Waals surface area (Å²) in [4.78, 5) is 0. The Balaban J connectivity index is 2.50. The van der Waals surface area contributed by atoms with Crippen LogP contribution in [0.2, 0.25) is 5.22 Å². The summed E-state index contributed by atoms with van der Waals surface area (Å²) in [5, 5.41) is 0.117. The molecular formula is C11H7BrClF2NO. The zero-order chi connectivity index (χ0) is 12.6. The van der Waals surface area contributed by atoms with E-state index in [1.165, 1.54) is 18.2 Å². The number of hydrogen-bond donors (Lipinski definition) is 1. The molecule has 0 radical (unpaired) electrons. The minimum Gasteiger partial charge on any atom is -0.448 e. The number of furan rings is 1. The first-order valence-electron chi connectivity index (χ1n) is 4.65. The van der Waals surface area contributed by atoms with Gasteiger partial charge in [0.1, 0.15) is 17.4 Å². The lowest BCUT2D eigenvalue weighted by Gasteiger charge is -2.12. The lowest BCUT2D eigenvalue weighted by atomic mass is 10.0. The quantitative estimate of drug-likeness (QED) is 0.848. The summed E-state index contributed by atoms with van der Waals surface area (Å²) in [6.45, 7) is 0. The zero-order valence-electron chi connectivity index (χ0n) is 8.38. The average Bonchev–Trinajstić information content (AvgIpc) is 2.71. The average molecular weight is 323 g/mol. The highest BCUT2D eigenvalue weighted by Gasteiger charge is 2.22. The van der Waals surface area contributed by atoms with Gasteiger partial charge in [-0.3, -0.25) is 0 Å². The first kappa shape index (κ1) is 12.5. The van der Waals surface area contributed by atoms with Gasteiger partial charge >= 0.3 is 0 Å². The van der Waals surface area contributed by atoms with Crippen molar-refractivity contribution in [2.75, 3.05) is 0 Å². The maximum absolute atomic E-state index is 13.8. The van der Waals surface area contributed by atoms with Crippen molar-refractivity contribution in [1.29, 1.82) is 0 Å². The molecule has 2 N–H and O–H groups in total. The Labute approximate surface area is 109 Å². The second-order valence-corrected chi connectivity index (χ2v) is 4.60. The molecule has 1 heterocycles. The molecule has 1 aromatic heterocycles. The van der Waals surface area contributed by atoms with Crippen molar-refractivity contribution in [3.8, 4) is 0 Å². The van der Waals surface area contributed by atoms with E-state index in [0.29, 0.717) is 0 Å². The van der Waals surface area contributed by atoms with Gasteiger partial charge in [0.05, 0.1) is 10.5 Å². The number of hydrogen-bond acceptors (Lipinski definition) is 2. The highest BCUT2D eigenvalue weighted by atomic mass is 79.9. The molecule has 0 saturated heterocycles. The Morgan fingerprint density at radius 2 is 1.94 bits per heavy atom. The van der Waals surface area contributed by atoms with Gasteiger partial charge in [0.2, 0.25) is 0 Å². The molecule has 1 aromatic carbocycles. The van der Waals surface area contributed by atoms with Crippen LogP contribution >= 0.6 is 27.5 Å². The maximum atomic E-state index is 13.8. The molecular weight excluding hydrogens is 315 g/mol. The first-order chi connectivity index (χ1) is 8.00. The molecule has 0 aliphatic carbocycles. The van der Waals surface area contributed by atoms with Crippen LogP contribution in [0.15, 0.2) is 33.2 Å².